The number of rotatable bonds is 8. The molecule has 2 N–H and O–H groups in total. The first-order valence-electron chi connectivity index (χ1n) is 9.45. The molecule has 0 bridgehead atoms. The fourth-order valence-corrected chi connectivity index (χ4v) is 4.04. The fourth-order valence-electron chi connectivity index (χ4n) is 3.45. The Kier molecular flexibility index (Phi) is 6.10. The summed E-state index contributed by atoms with van der Waals surface area (Å²) in [5.41, 5.74) is 2.28. The van der Waals surface area contributed by atoms with Crippen LogP contribution in [0, 0.1) is 5.82 Å². The molecular weight excluding hydrogens is 434 g/mol. The second-order valence-electron chi connectivity index (χ2n) is 7.02. The van der Waals surface area contributed by atoms with Crippen LogP contribution >= 0.6 is 23.9 Å². The first-order valence-corrected chi connectivity index (χ1v) is 10.5. The Hall–Kier alpha value is -2.39. The molecule has 1 aliphatic rings. The average molecular weight is 455 g/mol. The molecule has 0 amide bonds. The van der Waals surface area contributed by atoms with Crippen molar-refractivity contribution in [2.24, 2.45) is 0 Å². The topological polar surface area (TPSA) is 60.3 Å². The third kappa shape index (κ3) is 3.72. The molecule has 0 radical (unpaired) electrons. The number of methoxy groups -OCH3 is 2. The molecule has 1 saturated carbocycles. The van der Waals surface area contributed by atoms with Crippen LogP contribution < -0.4 is 20.1 Å². The van der Waals surface area contributed by atoms with Crippen molar-refractivity contribution < 1.29 is 17.7 Å². The van der Waals surface area contributed by atoms with Gasteiger partial charge >= 0.3 is 0 Å². The molecule has 0 saturated heterocycles. The van der Waals surface area contributed by atoms with E-state index in [0.29, 0.717) is 17.4 Å². The van der Waals surface area contributed by atoms with Gasteiger partial charge in [0.05, 0.1) is 25.6 Å². The Morgan fingerprint density at radius 2 is 2.03 bits per heavy atom. The molecule has 6 nitrogen and oxygen atoms in total. The van der Waals surface area contributed by atoms with Gasteiger partial charge in [-0.05, 0) is 25.3 Å². The highest BCUT2D eigenvalue weighted by atomic mass is 35.5. The summed E-state index contributed by atoms with van der Waals surface area (Å²) in [7, 11) is 2.83. The zero-order valence-corrected chi connectivity index (χ0v) is 18.0. The lowest BCUT2D eigenvalue weighted by atomic mass is 9.92. The van der Waals surface area contributed by atoms with E-state index in [1.54, 1.807) is 12.4 Å². The second kappa shape index (κ2) is 8.77. The molecular formula is C20H21ClF2N4O2S. The number of nitrogens with zero attached hydrogens (tertiary/aromatic N) is 2. The number of nitrogens with one attached hydrogen (secondary N) is 2. The van der Waals surface area contributed by atoms with E-state index in [2.05, 4.69) is 15.6 Å². The third-order valence-corrected chi connectivity index (χ3v) is 6.14. The van der Waals surface area contributed by atoms with Gasteiger partial charge in [0.1, 0.15) is 10.8 Å². The van der Waals surface area contributed by atoms with Gasteiger partial charge < -0.3 is 20.1 Å². The smallest absolute Gasteiger partial charge is 0.189 e. The molecule has 3 aromatic rings. The van der Waals surface area contributed by atoms with Gasteiger partial charge in [0.15, 0.2) is 29.5 Å². The summed E-state index contributed by atoms with van der Waals surface area (Å²) in [6.07, 6.45) is 6.61. The van der Waals surface area contributed by atoms with Crippen molar-refractivity contribution in [2.45, 2.75) is 31.8 Å². The van der Waals surface area contributed by atoms with E-state index >= 15 is 0 Å². The van der Waals surface area contributed by atoms with Crippen molar-refractivity contribution in [3.63, 3.8) is 0 Å². The molecule has 1 aliphatic carbocycles. The molecule has 0 atom stereocenters. The minimum atomic E-state index is -0.606. The Labute approximate surface area is 182 Å². The number of benzene rings is 1. The largest absolute Gasteiger partial charge is 0.495 e. The van der Waals surface area contributed by atoms with Gasteiger partial charge in [-0.1, -0.05) is 11.6 Å². The molecule has 0 aliphatic heterocycles. The number of fused-ring (bicyclic) bond motifs is 1. The van der Waals surface area contributed by atoms with E-state index < -0.39 is 5.82 Å². The van der Waals surface area contributed by atoms with Gasteiger partial charge in [-0.3, -0.25) is 0 Å². The molecule has 4 rings (SSSR count). The van der Waals surface area contributed by atoms with Crippen LogP contribution in [0.15, 0.2) is 24.5 Å². The molecule has 10 heteroatoms. The third-order valence-electron chi connectivity index (χ3n) is 5.32. The van der Waals surface area contributed by atoms with Crippen LogP contribution in [0.2, 0.25) is 5.02 Å². The highest BCUT2D eigenvalue weighted by Crippen LogP contribution is 2.40. The average Bonchev–Trinajstić information content (AvgIpc) is 3.14. The Morgan fingerprint density at radius 3 is 2.67 bits per heavy atom. The summed E-state index contributed by atoms with van der Waals surface area (Å²) in [5.74, 6) is -0.279. The van der Waals surface area contributed by atoms with Gasteiger partial charge in [-0.15, -0.1) is 3.89 Å². The molecule has 0 unspecified atom stereocenters. The van der Waals surface area contributed by atoms with Gasteiger partial charge in [-0.25, -0.2) is 13.3 Å². The summed E-state index contributed by atoms with van der Waals surface area (Å²) < 4.78 is 39.7. The molecule has 160 valence electrons. The van der Waals surface area contributed by atoms with E-state index in [-0.39, 0.29) is 35.3 Å². The van der Waals surface area contributed by atoms with Crippen LogP contribution in [-0.2, 0) is 6.54 Å². The molecule has 30 heavy (non-hydrogen) atoms. The maximum Gasteiger partial charge on any atom is 0.189 e. The number of hydrogen-bond donors (Lipinski definition) is 2. The highest BCUT2D eigenvalue weighted by molar-refractivity contribution is 7.92. The van der Waals surface area contributed by atoms with Gasteiger partial charge in [0.25, 0.3) is 0 Å². The molecule has 2 aromatic heterocycles. The van der Waals surface area contributed by atoms with E-state index in [4.69, 9.17) is 21.1 Å². The van der Waals surface area contributed by atoms with Crippen molar-refractivity contribution in [3.05, 3.63) is 40.9 Å². The fraction of sp³-hybridized carbons (Fsp3) is 0.350. The van der Waals surface area contributed by atoms with Crippen molar-refractivity contribution in [1.29, 1.82) is 0 Å². The van der Waals surface area contributed by atoms with Crippen LogP contribution in [0.25, 0.3) is 11.0 Å². The second-order valence-corrected chi connectivity index (χ2v) is 7.93. The molecule has 0 spiro atoms. The monoisotopic (exact) mass is 454 g/mol. The minimum Gasteiger partial charge on any atom is -0.495 e. The van der Waals surface area contributed by atoms with Crippen LogP contribution in [0.1, 0.15) is 24.8 Å². The number of hydrogen-bond acceptors (Lipinski definition) is 6. The maximum atomic E-state index is 14.8. The van der Waals surface area contributed by atoms with Crippen molar-refractivity contribution in [2.75, 3.05) is 24.9 Å². The van der Waals surface area contributed by atoms with Gasteiger partial charge in [0, 0.05) is 42.0 Å². The SMILES string of the molecule is COc1cc(OC)c(Cl)c(NCc2cnc3c(ccn3SF)c2NC2CCC2)c1F. The summed E-state index contributed by atoms with van der Waals surface area (Å²) >= 11 is 6.42. The minimum absolute atomic E-state index is 0.0252. The number of halogens is 3. The number of pyridine rings is 1. The summed E-state index contributed by atoms with van der Waals surface area (Å²) in [6.45, 7) is 0.249. The number of aromatic nitrogens is 2. The Bertz CT molecular complexity index is 1050. The first-order chi connectivity index (χ1) is 14.6. The van der Waals surface area contributed by atoms with E-state index in [9.17, 15) is 8.28 Å². The van der Waals surface area contributed by atoms with Crippen molar-refractivity contribution in [1.82, 2.24) is 8.96 Å². The zero-order valence-electron chi connectivity index (χ0n) is 16.5. The van der Waals surface area contributed by atoms with Crippen LogP contribution in [0.4, 0.5) is 19.7 Å². The quantitative estimate of drug-likeness (QED) is 0.448. The van der Waals surface area contributed by atoms with Gasteiger partial charge in [-0.2, -0.15) is 0 Å². The predicted octanol–water partition coefficient (Wildman–Crippen LogP) is 5.80. The normalized spacial score (nSPS) is 13.9. The van der Waals surface area contributed by atoms with Crippen molar-refractivity contribution in [3.8, 4) is 11.5 Å². The maximum absolute atomic E-state index is 14.8. The summed E-state index contributed by atoms with van der Waals surface area (Å²) in [6, 6.07) is 3.58. The lowest BCUT2D eigenvalue weighted by molar-refractivity contribution is 0.375. The van der Waals surface area contributed by atoms with Gasteiger partial charge in [0.2, 0.25) is 0 Å². The van der Waals surface area contributed by atoms with Crippen LogP contribution in [0.5, 0.6) is 11.5 Å². The lowest BCUT2D eigenvalue weighted by Crippen LogP contribution is -2.28. The molecule has 2 heterocycles. The predicted molar refractivity (Wildman–Crippen MR) is 117 cm³/mol. The van der Waals surface area contributed by atoms with Crippen LogP contribution in [0.3, 0.4) is 0 Å². The van der Waals surface area contributed by atoms with Crippen molar-refractivity contribution >= 4 is 46.3 Å². The summed E-state index contributed by atoms with van der Waals surface area (Å²) in [4.78, 5) is 4.39. The Balaban J connectivity index is 1.70. The van der Waals surface area contributed by atoms with E-state index in [1.807, 2.05) is 6.07 Å². The van der Waals surface area contributed by atoms with E-state index in [0.717, 1.165) is 29.5 Å². The van der Waals surface area contributed by atoms with E-state index in [1.165, 1.54) is 30.7 Å². The zero-order chi connectivity index (χ0) is 21.3. The molecule has 1 aromatic carbocycles. The highest BCUT2D eigenvalue weighted by Gasteiger charge is 2.22. The first kappa shape index (κ1) is 20.9. The Morgan fingerprint density at radius 1 is 1.27 bits per heavy atom. The lowest BCUT2D eigenvalue weighted by Gasteiger charge is -2.29. The molecule has 1 fully saturated rings. The number of anilines is 2. The number of ether oxygens (including phenoxy) is 2. The van der Waals surface area contributed by atoms with Crippen LogP contribution in [-0.4, -0.2) is 29.2 Å². The standard InChI is InChI=1S/C20H21ClF2N4O2S/c1-28-14-8-15(29-2)17(22)19(16(14)21)24-9-11-10-25-20-13(6-7-27(20)30-23)18(11)26-12-4-3-5-12/h6-8,10,12,24H,3-5,9H2,1-2H3,(H,25,26). The summed E-state index contributed by atoms with van der Waals surface area (Å²) in [5, 5.41) is 7.52.